The fourth-order valence-electron chi connectivity index (χ4n) is 1.87. The molecule has 0 fully saturated rings. The number of hydrogen-bond acceptors (Lipinski definition) is 5. The summed E-state index contributed by atoms with van der Waals surface area (Å²) in [6.07, 6.45) is 3.29. The van der Waals surface area contributed by atoms with Crippen LogP contribution in [0.3, 0.4) is 0 Å². The van der Waals surface area contributed by atoms with Gasteiger partial charge in [-0.2, -0.15) is 0 Å². The molecule has 1 amide bonds. The number of carbonyl (C=O) groups is 1. The van der Waals surface area contributed by atoms with Crippen molar-refractivity contribution in [3.63, 3.8) is 0 Å². The van der Waals surface area contributed by atoms with Gasteiger partial charge in [0, 0.05) is 29.4 Å². The number of rotatable bonds is 5. The van der Waals surface area contributed by atoms with Crippen molar-refractivity contribution in [3.8, 4) is 17.0 Å². The van der Waals surface area contributed by atoms with Crippen molar-refractivity contribution in [2.75, 3.05) is 11.9 Å². The highest BCUT2D eigenvalue weighted by Crippen LogP contribution is 2.24. The van der Waals surface area contributed by atoms with Crippen LogP contribution >= 0.6 is 11.3 Å². The molecule has 0 aliphatic carbocycles. The number of ether oxygens (including phenoxy) is 1. The monoisotopic (exact) mass is 347 g/mol. The molecule has 0 spiro atoms. The average Bonchev–Trinajstić information content (AvgIpc) is 3.05. The third-order valence-corrected chi connectivity index (χ3v) is 3.74. The minimum absolute atomic E-state index is 0.318. The van der Waals surface area contributed by atoms with E-state index in [1.54, 1.807) is 29.9 Å². The second-order valence-corrected chi connectivity index (χ2v) is 5.54. The lowest BCUT2D eigenvalue weighted by Crippen LogP contribution is -2.20. The van der Waals surface area contributed by atoms with Gasteiger partial charge in [-0.25, -0.2) is 13.8 Å². The molecule has 8 heteroatoms. The van der Waals surface area contributed by atoms with Crippen molar-refractivity contribution in [2.24, 2.45) is 0 Å². The first-order valence-electron chi connectivity index (χ1n) is 6.85. The Balaban J connectivity index is 1.59. The topological polar surface area (TPSA) is 64.1 Å². The van der Waals surface area contributed by atoms with Gasteiger partial charge in [0.1, 0.15) is 5.82 Å². The molecule has 2 heterocycles. The fraction of sp³-hybridized carbons (Fsp3) is 0.0625. The summed E-state index contributed by atoms with van der Waals surface area (Å²) in [7, 11) is 0. The van der Waals surface area contributed by atoms with Gasteiger partial charge in [0.15, 0.2) is 23.3 Å². The first kappa shape index (κ1) is 16.0. The molecule has 0 aliphatic rings. The summed E-state index contributed by atoms with van der Waals surface area (Å²) in [4.78, 5) is 20.0. The van der Waals surface area contributed by atoms with E-state index < -0.39 is 24.1 Å². The third-order valence-electron chi connectivity index (χ3n) is 2.98. The van der Waals surface area contributed by atoms with Gasteiger partial charge < -0.3 is 4.74 Å². The van der Waals surface area contributed by atoms with Crippen LogP contribution < -0.4 is 10.1 Å². The van der Waals surface area contributed by atoms with Crippen LogP contribution in [0.5, 0.6) is 5.75 Å². The number of aromatic nitrogens is 2. The highest BCUT2D eigenvalue weighted by molar-refractivity contribution is 7.14. The first-order valence-corrected chi connectivity index (χ1v) is 7.73. The molecule has 0 atom stereocenters. The normalized spacial score (nSPS) is 10.4. The molecule has 5 nitrogen and oxygen atoms in total. The number of nitrogens with one attached hydrogen (secondary N) is 1. The summed E-state index contributed by atoms with van der Waals surface area (Å²) in [6.45, 7) is -0.454. The van der Waals surface area contributed by atoms with Gasteiger partial charge in [0.25, 0.3) is 5.91 Å². The third kappa shape index (κ3) is 3.90. The zero-order valence-corrected chi connectivity index (χ0v) is 13.0. The molecule has 0 bridgehead atoms. The quantitative estimate of drug-likeness (QED) is 0.767. The van der Waals surface area contributed by atoms with E-state index in [0.29, 0.717) is 10.8 Å². The molecule has 122 valence electrons. The van der Waals surface area contributed by atoms with Crippen LogP contribution in [0.25, 0.3) is 11.3 Å². The van der Waals surface area contributed by atoms with Crippen molar-refractivity contribution in [1.29, 1.82) is 0 Å². The maximum Gasteiger partial charge on any atom is 0.264 e. The Bertz CT molecular complexity index is 856. The molecule has 0 radical (unpaired) electrons. The minimum Gasteiger partial charge on any atom is -0.481 e. The van der Waals surface area contributed by atoms with Crippen LogP contribution in [-0.4, -0.2) is 22.5 Å². The van der Waals surface area contributed by atoms with Gasteiger partial charge in [0.2, 0.25) is 0 Å². The first-order chi connectivity index (χ1) is 11.6. The number of benzene rings is 1. The largest absolute Gasteiger partial charge is 0.481 e. The number of pyridine rings is 1. The van der Waals surface area contributed by atoms with E-state index in [1.807, 2.05) is 0 Å². The highest BCUT2D eigenvalue weighted by atomic mass is 32.1. The maximum absolute atomic E-state index is 13.4. The molecule has 0 aliphatic heterocycles. The lowest BCUT2D eigenvalue weighted by molar-refractivity contribution is -0.118. The van der Waals surface area contributed by atoms with Crippen molar-refractivity contribution in [3.05, 3.63) is 59.7 Å². The van der Waals surface area contributed by atoms with Crippen LogP contribution in [0.4, 0.5) is 13.9 Å². The van der Waals surface area contributed by atoms with E-state index in [-0.39, 0.29) is 5.75 Å². The predicted octanol–water partition coefficient (Wildman–Crippen LogP) is 3.50. The van der Waals surface area contributed by atoms with Gasteiger partial charge >= 0.3 is 0 Å². The molecule has 0 unspecified atom stereocenters. The van der Waals surface area contributed by atoms with Gasteiger partial charge in [-0.15, -0.1) is 11.3 Å². The van der Waals surface area contributed by atoms with E-state index in [2.05, 4.69) is 15.3 Å². The van der Waals surface area contributed by atoms with Gasteiger partial charge in [-0.3, -0.25) is 15.1 Å². The summed E-state index contributed by atoms with van der Waals surface area (Å²) < 4.78 is 31.4. The Morgan fingerprint density at radius 2 is 2.00 bits per heavy atom. The molecule has 0 saturated carbocycles. The second kappa shape index (κ2) is 7.14. The molecular weight excluding hydrogens is 336 g/mol. The molecule has 3 aromatic rings. The Kier molecular flexibility index (Phi) is 4.76. The number of amides is 1. The van der Waals surface area contributed by atoms with E-state index >= 15 is 0 Å². The number of nitrogens with zero attached hydrogens (tertiary/aromatic N) is 2. The van der Waals surface area contributed by atoms with Crippen molar-refractivity contribution in [1.82, 2.24) is 9.97 Å². The van der Waals surface area contributed by atoms with Crippen LogP contribution in [-0.2, 0) is 4.79 Å². The molecule has 1 aromatic carbocycles. The van der Waals surface area contributed by atoms with Crippen LogP contribution in [0.1, 0.15) is 0 Å². The van der Waals surface area contributed by atoms with Crippen LogP contribution in [0, 0.1) is 11.6 Å². The van der Waals surface area contributed by atoms with Gasteiger partial charge in [0.05, 0.1) is 5.69 Å². The van der Waals surface area contributed by atoms with E-state index in [0.717, 1.165) is 23.8 Å². The molecule has 2 aromatic heterocycles. The molecular formula is C16H11F2N3O2S. The second-order valence-electron chi connectivity index (χ2n) is 4.69. The van der Waals surface area contributed by atoms with Crippen LogP contribution in [0.15, 0.2) is 48.1 Å². The number of hydrogen-bond donors (Lipinski definition) is 1. The number of thiazole rings is 1. The summed E-state index contributed by atoms with van der Waals surface area (Å²) in [5, 5.41) is 4.72. The van der Waals surface area contributed by atoms with Crippen molar-refractivity contribution < 1.29 is 18.3 Å². The highest BCUT2D eigenvalue weighted by Gasteiger charge is 2.11. The summed E-state index contributed by atoms with van der Waals surface area (Å²) in [5.74, 6) is -2.22. The maximum atomic E-state index is 13.4. The standard InChI is InChI=1S/C16H11F2N3O2S/c17-11-1-2-12(18)14(7-11)23-8-15(22)21-16-20-13(9-24-16)10-3-5-19-6-4-10/h1-7,9H,8H2,(H,20,21,22). The fourth-order valence-corrected chi connectivity index (χ4v) is 2.61. The zero-order chi connectivity index (χ0) is 16.9. The minimum atomic E-state index is -0.738. The van der Waals surface area contributed by atoms with Crippen molar-refractivity contribution in [2.45, 2.75) is 0 Å². The zero-order valence-electron chi connectivity index (χ0n) is 12.2. The smallest absolute Gasteiger partial charge is 0.264 e. The number of halogens is 2. The van der Waals surface area contributed by atoms with E-state index in [4.69, 9.17) is 4.74 Å². The molecule has 1 N–H and O–H groups in total. The van der Waals surface area contributed by atoms with Crippen molar-refractivity contribution >= 4 is 22.4 Å². The van der Waals surface area contributed by atoms with Gasteiger partial charge in [-0.05, 0) is 24.3 Å². The van der Waals surface area contributed by atoms with Crippen LogP contribution in [0.2, 0.25) is 0 Å². The number of anilines is 1. The summed E-state index contributed by atoms with van der Waals surface area (Å²) in [5.41, 5.74) is 1.58. The van der Waals surface area contributed by atoms with E-state index in [1.165, 1.54) is 11.3 Å². The summed E-state index contributed by atoms with van der Waals surface area (Å²) in [6, 6.07) is 6.39. The Hall–Kier alpha value is -2.87. The average molecular weight is 347 g/mol. The molecule has 3 rings (SSSR count). The predicted molar refractivity (Wildman–Crippen MR) is 85.8 cm³/mol. The molecule has 0 saturated heterocycles. The lowest BCUT2D eigenvalue weighted by Gasteiger charge is -2.06. The lowest BCUT2D eigenvalue weighted by atomic mass is 10.2. The SMILES string of the molecule is O=C(COc1cc(F)ccc1F)Nc1nc(-c2ccncc2)cs1. The Labute approximate surface area is 140 Å². The Morgan fingerprint density at radius 1 is 1.21 bits per heavy atom. The molecule has 24 heavy (non-hydrogen) atoms. The Morgan fingerprint density at radius 3 is 2.79 bits per heavy atom. The number of carbonyl (C=O) groups excluding carboxylic acids is 1. The van der Waals surface area contributed by atoms with Gasteiger partial charge in [-0.1, -0.05) is 0 Å². The van der Waals surface area contributed by atoms with E-state index in [9.17, 15) is 13.6 Å². The summed E-state index contributed by atoms with van der Waals surface area (Å²) >= 11 is 1.25.